The monoisotopic (exact) mass is 202 g/mol. The molecule has 15 heavy (non-hydrogen) atoms. The van der Waals surface area contributed by atoms with Crippen molar-refractivity contribution >= 4 is 12.1 Å². The van der Waals surface area contributed by atoms with Gasteiger partial charge in [0.25, 0.3) is 0 Å². The van der Waals surface area contributed by atoms with Crippen LogP contribution in [0.25, 0.3) is 0 Å². The van der Waals surface area contributed by atoms with Crippen LogP contribution in [-0.4, -0.2) is 12.1 Å². The molecule has 0 atom stereocenters. The van der Waals surface area contributed by atoms with Gasteiger partial charge in [-0.05, 0) is 42.9 Å². The van der Waals surface area contributed by atoms with Crippen molar-refractivity contribution in [1.82, 2.24) is 0 Å². The zero-order valence-corrected chi connectivity index (χ0v) is 8.66. The third-order valence-corrected chi connectivity index (χ3v) is 2.94. The highest BCUT2D eigenvalue weighted by molar-refractivity contribution is 6.02. The summed E-state index contributed by atoms with van der Waals surface area (Å²) < 4.78 is 0. The average molecular weight is 202 g/mol. The van der Waals surface area contributed by atoms with Crippen LogP contribution in [0.3, 0.4) is 0 Å². The quantitative estimate of drug-likeness (QED) is 0.428. The van der Waals surface area contributed by atoms with Gasteiger partial charge in [-0.1, -0.05) is 12.1 Å². The van der Waals surface area contributed by atoms with Crippen LogP contribution < -0.4 is 0 Å². The molecule has 0 unspecified atom stereocenters. The highest BCUT2D eigenvalue weighted by Crippen LogP contribution is 2.22. The molecule has 1 aromatic rings. The number of benzene rings is 1. The second-order valence-electron chi connectivity index (χ2n) is 3.98. The zero-order valence-electron chi connectivity index (χ0n) is 8.66. The van der Waals surface area contributed by atoms with Crippen LogP contribution in [0, 0.1) is 0 Å². The van der Waals surface area contributed by atoms with Crippen LogP contribution in [-0.2, 0) is 17.6 Å². The van der Waals surface area contributed by atoms with Gasteiger partial charge in [-0.15, -0.1) is 0 Å². The van der Waals surface area contributed by atoms with Gasteiger partial charge in [0, 0.05) is 5.56 Å². The number of fused-ring (bicyclic) bond motifs is 1. The zero-order chi connectivity index (χ0) is 10.7. The smallest absolute Gasteiger partial charge is 0.169 e. The summed E-state index contributed by atoms with van der Waals surface area (Å²) in [5.74, 6) is -0.0710. The summed E-state index contributed by atoms with van der Waals surface area (Å²) in [6, 6.07) is 5.84. The number of ketones is 1. The van der Waals surface area contributed by atoms with E-state index >= 15 is 0 Å². The van der Waals surface area contributed by atoms with Gasteiger partial charge in [0.2, 0.25) is 0 Å². The Kier molecular flexibility index (Phi) is 2.95. The van der Waals surface area contributed by atoms with E-state index < -0.39 is 0 Å². The summed E-state index contributed by atoms with van der Waals surface area (Å²) in [4.78, 5) is 21.8. The maximum Gasteiger partial charge on any atom is 0.169 e. The summed E-state index contributed by atoms with van der Waals surface area (Å²) in [6.07, 6.45) is 5.31. The first-order valence-corrected chi connectivity index (χ1v) is 5.40. The minimum atomic E-state index is -0.0710. The Bertz CT molecular complexity index is 394. The van der Waals surface area contributed by atoms with Gasteiger partial charge in [-0.25, -0.2) is 0 Å². The summed E-state index contributed by atoms with van der Waals surface area (Å²) in [5, 5.41) is 0. The number of carbonyl (C=O) groups excluding carboxylic acids is 2. The number of aldehydes is 1. The maximum atomic E-state index is 11.5. The van der Waals surface area contributed by atoms with Crippen molar-refractivity contribution in [3.8, 4) is 0 Å². The summed E-state index contributed by atoms with van der Waals surface area (Å²) in [7, 11) is 0. The van der Waals surface area contributed by atoms with Crippen LogP contribution in [0.1, 0.15) is 40.7 Å². The second kappa shape index (κ2) is 4.39. The number of carbonyl (C=O) groups is 2. The van der Waals surface area contributed by atoms with Crippen molar-refractivity contribution in [3.05, 3.63) is 34.9 Å². The lowest BCUT2D eigenvalue weighted by molar-refractivity contribution is -0.107. The minimum Gasteiger partial charge on any atom is -0.303 e. The van der Waals surface area contributed by atoms with E-state index in [9.17, 15) is 9.59 Å². The molecule has 0 saturated heterocycles. The fraction of sp³-hybridized carbons (Fsp3) is 0.385. The number of aryl methyl sites for hydroxylation is 2. The molecule has 0 N–H and O–H groups in total. The summed E-state index contributed by atoms with van der Waals surface area (Å²) in [6.45, 7) is 0. The molecule has 2 nitrogen and oxygen atoms in total. The van der Waals surface area contributed by atoms with Crippen molar-refractivity contribution in [1.29, 1.82) is 0 Å². The third kappa shape index (κ3) is 2.14. The van der Waals surface area contributed by atoms with Crippen LogP contribution in [0.15, 0.2) is 18.2 Å². The molecule has 0 aromatic heterocycles. The first-order chi connectivity index (χ1) is 7.31. The third-order valence-electron chi connectivity index (χ3n) is 2.94. The Labute approximate surface area is 89.3 Å². The molecule has 0 spiro atoms. The van der Waals surface area contributed by atoms with E-state index in [-0.39, 0.29) is 12.2 Å². The van der Waals surface area contributed by atoms with Gasteiger partial charge in [-0.2, -0.15) is 0 Å². The van der Waals surface area contributed by atoms with E-state index in [0.29, 0.717) is 11.8 Å². The molecule has 0 amide bonds. The normalized spacial score (nSPS) is 14.4. The topological polar surface area (TPSA) is 34.1 Å². The van der Waals surface area contributed by atoms with Crippen molar-refractivity contribution in [2.24, 2.45) is 0 Å². The van der Waals surface area contributed by atoms with Gasteiger partial charge in [0.15, 0.2) is 5.78 Å². The Hall–Kier alpha value is -1.44. The fourth-order valence-corrected chi connectivity index (χ4v) is 2.10. The first kappa shape index (κ1) is 10.1. The van der Waals surface area contributed by atoms with Crippen LogP contribution in [0.5, 0.6) is 0 Å². The molecule has 1 aliphatic carbocycles. The van der Waals surface area contributed by atoms with Crippen LogP contribution in [0.2, 0.25) is 0 Å². The van der Waals surface area contributed by atoms with Gasteiger partial charge in [0.1, 0.15) is 6.29 Å². The maximum absolute atomic E-state index is 11.5. The Morgan fingerprint density at radius 1 is 1.20 bits per heavy atom. The number of hydrogen-bond acceptors (Lipinski definition) is 2. The average Bonchev–Trinajstić information content (AvgIpc) is 2.29. The Balaban J connectivity index is 2.27. The van der Waals surface area contributed by atoms with Crippen molar-refractivity contribution in [2.75, 3.05) is 0 Å². The molecule has 0 radical (unpaired) electrons. The second-order valence-corrected chi connectivity index (χ2v) is 3.98. The summed E-state index contributed by atoms with van der Waals surface area (Å²) in [5.41, 5.74) is 3.34. The van der Waals surface area contributed by atoms with E-state index in [0.717, 1.165) is 12.8 Å². The van der Waals surface area contributed by atoms with E-state index in [1.807, 2.05) is 18.2 Å². The van der Waals surface area contributed by atoms with E-state index in [2.05, 4.69) is 0 Å². The first-order valence-electron chi connectivity index (χ1n) is 5.40. The summed E-state index contributed by atoms with van der Waals surface area (Å²) >= 11 is 0. The van der Waals surface area contributed by atoms with Crippen molar-refractivity contribution in [3.63, 3.8) is 0 Å². The lowest BCUT2D eigenvalue weighted by Gasteiger charge is -2.15. The fourth-order valence-electron chi connectivity index (χ4n) is 2.10. The van der Waals surface area contributed by atoms with E-state index in [1.54, 1.807) is 0 Å². The largest absolute Gasteiger partial charge is 0.303 e. The molecular weight excluding hydrogens is 188 g/mol. The minimum absolute atomic E-state index is 0.00120. The van der Waals surface area contributed by atoms with E-state index in [4.69, 9.17) is 0 Å². The molecule has 0 bridgehead atoms. The SMILES string of the molecule is O=CCC(=O)c1ccc2c(c1)CCCC2. The predicted octanol–water partition coefficient (Wildman–Crippen LogP) is 2.34. The van der Waals surface area contributed by atoms with Gasteiger partial charge in [-0.3, -0.25) is 4.79 Å². The van der Waals surface area contributed by atoms with Gasteiger partial charge in [0.05, 0.1) is 6.42 Å². The van der Waals surface area contributed by atoms with Crippen LogP contribution in [0.4, 0.5) is 0 Å². The molecule has 1 aromatic carbocycles. The molecule has 0 fully saturated rings. The molecule has 0 aliphatic heterocycles. The Morgan fingerprint density at radius 3 is 2.67 bits per heavy atom. The lowest BCUT2D eigenvalue weighted by Crippen LogP contribution is -2.06. The van der Waals surface area contributed by atoms with Crippen molar-refractivity contribution < 1.29 is 9.59 Å². The highest BCUT2D eigenvalue weighted by Gasteiger charge is 2.12. The molecule has 2 heteroatoms. The molecule has 78 valence electrons. The molecule has 0 saturated carbocycles. The molecular formula is C13H14O2. The standard InChI is InChI=1S/C13H14O2/c14-8-7-13(15)12-6-5-10-3-1-2-4-11(10)9-12/h5-6,8-9H,1-4,7H2. The van der Waals surface area contributed by atoms with E-state index in [1.165, 1.54) is 24.0 Å². The molecule has 1 aliphatic rings. The molecule has 2 rings (SSSR count). The highest BCUT2D eigenvalue weighted by atomic mass is 16.1. The number of hydrogen-bond donors (Lipinski definition) is 0. The van der Waals surface area contributed by atoms with Gasteiger partial charge >= 0.3 is 0 Å². The van der Waals surface area contributed by atoms with Gasteiger partial charge < -0.3 is 4.79 Å². The lowest BCUT2D eigenvalue weighted by atomic mass is 9.89. The Morgan fingerprint density at radius 2 is 1.93 bits per heavy atom. The predicted molar refractivity (Wildman–Crippen MR) is 58.1 cm³/mol. The van der Waals surface area contributed by atoms with Crippen LogP contribution >= 0.6 is 0 Å². The van der Waals surface area contributed by atoms with Crippen molar-refractivity contribution in [2.45, 2.75) is 32.1 Å². The number of Topliss-reactive ketones (excluding diaryl/α,β-unsaturated/α-hetero) is 1. The molecule has 0 heterocycles. The number of rotatable bonds is 3.